The Hall–Kier alpha value is -2.01. The summed E-state index contributed by atoms with van der Waals surface area (Å²) in [5.41, 5.74) is 5.32. The molecule has 2 aromatic heterocycles. The second-order valence-electron chi connectivity index (χ2n) is 4.52. The Labute approximate surface area is 111 Å². The van der Waals surface area contributed by atoms with Crippen molar-refractivity contribution in [2.45, 2.75) is 24.4 Å². The first-order valence-corrected chi connectivity index (χ1v) is 5.89. The normalized spacial score (nSPS) is 30.1. The average molecular weight is 283 g/mol. The molecule has 0 amide bonds. The van der Waals surface area contributed by atoms with E-state index >= 15 is 0 Å². The number of aliphatic hydroxyl groups excluding tert-OH is 3. The number of aliphatic hydroxyl groups is 3. The van der Waals surface area contributed by atoms with E-state index in [-0.39, 0.29) is 11.6 Å². The van der Waals surface area contributed by atoms with Crippen LogP contribution in [0.5, 0.6) is 0 Å². The molecule has 0 radical (unpaired) electrons. The van der Waals surface area contributed by atoms with Crippen molar-refractivity contribution < 1.29 is 20.1 Å². The fourth-order valence-electron chi connectivity index (χ4n) is 2.28. The molecule has 10 nitrogen and oxygen atoms in total. The minimum Gasteiger partial charge on any atom is -0.394 e. The van der Waals surface area contributed by atoms with E-state index in [0.29, 0.717) is 5.56 Å². The van der Waals surface area contributed by atoms with E-state index < -0.39 is 36.7 Å². The topological polar surface area (TPSA) is 159 Å². The molecule has 108 valence electrons. The van der Waals surface area contributed by atoms with Gasteiger partial charge in [0, 0.05) is 5.56 Å². The largest absolute Gasteiger partial charge is 0.394 e. The lowest BCUT2D eigenvalue weighted by atomic mass is 10.0. The molecule has 2 aromatic rings. The van der Waals surface area contributed by atoms with Crippen LogP contribution in [0.2, 0.25) is 0 Å². The van der Waals surface area contributed by atoms with Gasteiger partial charge in [-0.15, -0.1) is 0 Å². The maximum atomic E-state index is 11.6. The Kier molecular flexibility index (Phi) is 2.94. The summed E-state index contributed by atoms with van der Waals surface area (Å²) in [6, 6.07) is 0. The predicted octanol–water partition coefficient (Wildman–Crippen LogP) is -2.85. The smallest absolute Gasteiger partial charge is 0.350 e. The van der Waals surface area contributed by atoms with Gasteiger partial charge in [-0.25, -0.2) is 4.79 Å². The molecule has 20 heavy (non-hydrogen) atoms. The highest BCUT2D eigenvalue weighted by molar-refractivity contribution is 5.50. The number of aromatic amines is 1. The molecule has 6 N–H and O–H groups in total. The number of hydrogen-bond donors (Lipinski definition) is 5. The molecule has 1 saturated heterocycles. The van der Waals surface area contributed by atoms with E-state index in [1.807, 2.05) is 0 Å². The number of ether oxygens (including phenoxy) is 1. The molecule has 0 bridgehead atoms. The van der Waals surface area contributed by atoms with E-state index in [1.54, 1.807) is 0 Å². The summed E-state index contributed by atoms with van der Waals surface area (Å²) in [4.78, 5) is 17.8. The summed E-state index contributed by atoms with van der Waals surface area (Å²) >= 11 is 0. The molecule has 1 fully saturated rings. The van der Waals surface area contributed by atoms with Crippen molar-refractivity contribution in [3.8, 4) is 0 Å². The molecule has 3 heterocycles. The number of nitrogens with two attached hydrogens (primary N) is 1. The Morgan fingerprint density at radius 1 is 1.45 bits per heavy atom. The lowest BCUT2D eigenvalue weighted by Gasteiger charge is -2.12. The van der Waals surface area contributed by atoms with Crippen LogP contribution >= 0.6 is 0 Å². The summed E-state index contributed by atoms with van der Waals surface area (Å²) in [5.74, 6) is -0.101. The van der Waals surface area contributed by atoms with Crippen LogP contribution < -0.4 is 11.4 Å². The van der Waals surface area contributed by atoms with Gasteiger partial charge in [0.15, 0.2) is 5.65 Å². The summed E-state index contributed by atoms with van der Waals surface area (Å²) in [5, 5.41) is 32.6. The number of nitrogens with one attached hydrogen (secondary N) is 1. The van der Waals surface area contributed by atoms with Gasteiger partial charge >= 0.3 is 5.69 Å². The molecule has 1 aliphatic rings. The first-order valence-electron chi connectivity index (χ1n) is 5.89. The summed E-state index contributed by atoms with van der Waals surface area (Å²) < 4.78 is 6.34. The molecule has 3 rings (SSSR count). The minimum absolute atomic E-state index is 0.101. The number of hydrogen-bond acceptors (Lipinski definition) is 8. The zero-order valence-corrected chi connectivity index (χ0v) is 10.2. The monoisotopic (exact) mass is 283 g/mol. The molecule has 0 aromatic carbocycles. The van der Waals surface area contributed by atoms with Crippen LogP contribution in [0.25, 0.3) is 5.65 Å². The van der Waals surface area contributed by atoms with Crippen LogP contribution in [0.3, 0.4) is 0 Å². The van der Waals surface area contributed by atoms with Gasteiger partial charge in [0.1, 0.15) is 24.4 Å². The average Bonchev–Trinajstić information content (AvgIpc) is 2.93. The third-order valence-electron chi connectivity index (χ3n) is 3.27. The number of nitrogens with zero attached hydrogens (tertiary/aromatic N) is 3. The summed E-state index contributed by atoms with van der Waals surface area (Å²) in [6.45, 7) is -0.440. The Balaban J connectivity index is 2.09. The molecular formula is C10H13N5O5. The second-order valence-corrected chi connectivity index (χ2v) is 4.52. The molecule has 10 heteroatoms. The second kappa shape index (κ2) is 4.52. The Morgan fingerprint density at radius 2 is 2.20 bits per heavy atom. The molecule has 0 saturated carbocycles. The Morgan fingerprint density at radius 3 is 2.85 bits per heavy atom. The van der Waals surface area contributed by atoms with Crippen molar-refractivity contribution in [3.63, 3.8) is 0 Å². The Bertz CT molecular complexity index is 697. The number of fused-ring (bicyclic) bond motifs is 1. The van der Waals surface area contributed by atoms with Gasteiger partial charge in [0.05, 0.1) is 12.8 Å². The van der Waals surface area contributed by atoms with Gasteiger partial charge in [-0.05, 0) is 0 Å². The number of nitrogen functional groups attached to an aromatic ring is 1. The quantitative estimate of drug-likeness (QED) is 0.394. The standard InChI is InChI=1S/C10H13N5O5/c11-9-13-8-3(1-12-15(8)10(19)14-9)7-6(18)5(17)4(2-16)20-7/h1,4-7,16-18H,2H2,(H3,11,13,14,19). The van der Waals surface area contributed by atoms with Crippen molar-refractivity contribution >= 4 is 11.6 Å². The van der Waals surface area contributed by atoms with E-state index in [1.165, 1.54) is 6.20 Å². The van der Waals surface area contributed by atoms with Crippen molar-refractivity contribution in [2.24, 2.45) is 0 Å². The maximum Gasteiger partial charge on any atom is 0.350 e. The van der Waals surface area contributed by atoms with Crippen molar-refractivity contribution in [3.05, 3.63) is 22.2 Å². The molecule has 0 aliphatic carbocycles. The van der Waals surface area contributed by atoms with E-state index in [9.17, 15) is 15.0 Å². The van der Waals surface area contributed by atoms with Crippen LogP contribution in [-0.4, -0.2) is 59.8 Å². The number of rotatable bonds is 2. The van der Waals surface area contributed by atoms with Gasteiger partial charge in [0.25, 0.3) is 0 Å². The highest BCUT2D eigenvalue weighted by Gasteiger charge is 2.44. The highest BCUT2D eigenvalue weighted by atomic mass is 16.6. The zero-order chi connectivity index (χ0) is 14.4. The predicted molar refractivity (Wildman–Crippen MR) is 64.7 cm³/mol. The lowest BCUT2D eigenvalue weighted by molar-refractivity contribution is -0.0224. The molecule has 0 spiro atoms. The first kappa shape index (κ1) is 13.0. The van der Waals surface area contributed by atoms with Gasteiger partial charge in [-0.3, -0.25) is 4.98 Å². The fraction of sp³-hybridized carbons (Fsp3) is 0.500. The molecule has 1 aliphatic heterocycles. The maximum absolute atomic E-state index is 11.6. The number of anilines is 1. The van der Waals surface area contributed by atoms with Gasteiger partial charge in [0.2, 0.25) is 5.95 Å². The molecule has 4 unspecified atom stereocenters. The van der Waals surface area contributed by atoms with Gasteiger partial charge in [-0.2, -0.15) is 14.6 Å². The third-order valence-corrected chi connectivity index (χ3v) is 3.27. The van der Waals surface area contributed by atoms with E-state index in [0.717, 1.165) is 4.52 Å². The van der Waals surface area contributed by atoms with Gasteiger partial charge < -0.3 is 25.8 Å². The van der Waals surface area contributed by atoms with Crippen molar-refractivity contribution in [2.75, 3.05) is 12.3 Å². The minimum atomic E-state index is -1.26. The van der Waals surface area contributed by atoms with Crippen LogP contribution in [-0.2, 0) is 4.74 Å². The summed E-state index contributed by atoms with van der Waals surface area (Å²) in [7, 11) is 0. The van der Waals surface area contributed by atoms with Crippen LogP contribution in [0.15, 0.2) is 11.0 Å². The number of aromatic nitrogens is 4. The summed E-state index contributed by atoms with van der Waals surface area (Å²) in [6.07, 6.45) is -3.06. The highest BCUT2D eigenvalue weighted by Crippen LogP contribution is 2.34. The first-order chi connectivity index (χ1) is 9.52. The lowest BCUT2D eigenvalue weighted by Crippen LogP contribution is -2.32. The third kappa shape index (κ3) is 1.78. The SMILES string of the molecule is Nc1nc2c(C3OC(CO)C(O)C3O)cnn2c(=O)[nH]1. The molecular weight excluding hydrogens is 270 g/mol. The van der Waals surface area contributed by atoms with Crippen molar-refractivity contribution in [1.29, 1.82) is 0 Å². The van der Waals surface area contributed by atoms with E-state index in [4.69, 9.17) is 15.6 Å². The number of H-pyrrole nitrogens is 1. The van der Waals surface area contributed by atoms with Crippen LogP contribution in [0, 0.1) is 0 Å². The van der Waals surface area contributed by atoms with E-state index in [2.05, 4.69) is 15.1 Å². The molecule has 4 atom stereocenters. The van der Waals surface area contributed by atoms with Crippen LogP contribution in [0.1, 0.15) is 11.7 Å². The zero-order valence-electron chi connectivity index (χ0n) is 10.2. The van der Waals surface area contributed by atoms with Crippen molar-refractivity contribution in [1.82, 2.24) is 19.6 Å². The van der Waals surface area contributed by atoms with Gasteiger partial charge in [-0.1, -0.05) is 0 Å². The fourth-order valence-corrected chi connectivity index (χ4v) is 2.28. The van der Waals surface area contributed by atoms with Crippen LogP contribution in [0.4, 0.5) is 5.95 Å².